The van der Waals surface area contributed by atoms with Crippen molar-refractivity contribution in [2.45, 2.75) is 9.78 Å². The van der Waals surface area contributed by atoms with Gasteiger partial charge in [0, 0.05) is 0 Å². The number of hydrogen-bond acceptors (Lipinski definition) is 1. The lowest BCUT2D eigenvalue weighted by molar-refractivity contribution is -0.126. The van der Waals surface area contributed by atoms with Crippen molar-refractivity contribution < 1.29 is 4.79 Å². The van der Waals surface area contributed by atoms with E-state index in [1.54, 1.807) is 0 Å². The fourth-order valence-corrected chi connectivity index (χ4v) is 1.34. The summed E-state index contributed by atoms with van der Waals surface area (Å²) in [7, 11) is 0. The second kappa shape index (κ2) is 1.45. The summed E-state index contributed by atoms with van der Waals surface area (Å²) in [5, 5.41) is 2.58. The average molecular weight is 229 g/mol. The lowest BCUT2D eigenvalue weighted by Crippen LogP contribution is -2.51. The number of rotatable bonds is 0. The normalized spacial score (nSPS) is 25.7. The summed E-state index contributed by atoms with van der Waals surface area (Å²) < 4.78 is -0.281. The minimum absolute atomic E-state index is 0.0775. The molecular formula is C3H3Br2NO. The van der Waals surface area contributed by atoms with Crippen LogP contribution in [-0.4, -0.2) is 9.26 Å². The summed E-state index contributed by atoms with van der Waals surface area (Å²) in [6, 6.07) is 0. The van der Waals surface area contributed by atoms with E-state index in [0.29, 0.717) is 6.42 Å². The smallest absolute Gasteiger partial charge is 0.225 e. The molecule has 0 aromatic heterocycles. The number of nitrogens with one attached hydrogen (secondary N) is 1. The first kappa shape index (κ1) is 5.56. The molecule has 1 saturated heterocycles. The van der Waals surface area contributed by atoms with Gasteiger partial charge in [-0.15, -0.1) is 0 Å². The van der Waals surface area contributed by atoms with Crippen LogP contribution in [0.2, 0.25) is 0 Å². The minimum atomic E-state index is -0.281. The molecule has 1 aliphatic heterocycles. The molecule has 7 heavy (non-hydrogen) atoms. The molecule has 1 rings (SSSR count). The van der Waals surface area contributed by atoms with E-state index in [1.165, 1.54) is 0 Å². The van der Waals surface area contributed by atoms with E-state index < -0.39 is 0 Å². The SMILES string of the molecule is O=C1CC(Br)(Br)N1. The van der Waals surface area contributed by atoms with Gasteiger partial charge in [0.1, 0.15) is 0 Å². The first-order valence-corrected chi connectivity index (χ1v) is 3.38. The number of carbonyl (C=O) groups excluding carboxylic acids is 1. The first-order valence-electron chi connectivity index (χ1n) is 1.79. The Hall–Kier alpha value is 0.430. The van der Waals surface area contributed by atoms with Crippen molar-refractivity contribution in [3.05, 3.63) is 0 Å². The van der Waals surface area contributed by atoms with Crippen LogP contribution in [0.5, 0.6) is 0 Å². The van der Waals surface area contributed by atoms with E-state index in [9.17, 15) is 4.79 Å². The number of hydrogen-bond donors (Lipinski definition) is 1. The van der Waals surface area contributed by atoms with E-state index in [2.05, 4.69) is 37.2 Å². The van der Waals surface area contributed by atoms with Gasteiger partial charge < -0.3 is 5.32 Å². The summed E-state index contributed by atoms with van der Waals surface area (Å²) in [5.74, 6) is 0.0775. The van der Waals surface area contributed by atoms with Crippen molar-refractivity contribution in [3.63, 3.8) is 0 Å². The van der Waals surface area contributed by atoms with Crippen molar-refractivity contribution in [1.29, 1.82) is 0 Å². The highest BCUT2D eigenvalue weighted by Gasteiger charge is 2.37. The summed E-state index contributed by atoms with van der Waals surface area (Å²) in [5.41, 5.74) is 0. The number of carbonyl (C=O) groups is 1. The molecule has 1 N–H and O–H groups in total. The Labute approximate surface area is 57.9 Å². The van der Waals surface area contributed by atoms with Gasteiger partial charge in [0.2, 0.25) is 5.91 Å². The van der Waals surface area contributed by atoms with Crippen molar-refractivity contribution in [2.24, 2.45) is 0 Å². The Balaban J connectivity index is 2.43. The number of halogens is 2. The molecule has 0 radical (unpaired) electrons. The molecule has 1 fully saturated rings. The molecule has 0 bridgehead atoms. The standard InChI is InChI=1S/C3H3Br2NO/c4-3(5)1-2(7)6-3/h1H2,(H,6,7). The Bertz CT molecular complexity index is 102. The summed E-state index contributed by atoms with van der Waals surface area (Å²) >= 11 is 6.38. The van der Waals surface area contributed by atoms with Crippen LogP contribution >= 0.6 is 31.9 Å². The third-order valence-corrected chi connectivity index (χ3v) is 1.66. The zero-order valence-corrected chi connectivity index (χ0v) is 6.54. The summed E-state index contributed by atoms with van der Waals surface area (Å²) in [4.78, 5) is 10.1. The van der Waals surface area contributed by atoms with Crippen LogP contribution in [-0.2, 0) is 4.79 Å². The highest BCUT2D eigenvalue weighted by Crippen LogP contribution is 2.33. The zero-order valence-electron chi connectivity index (χ0n) is 3.37. The molecule has 1 aliphatic rings. The van der Waals surface area contributed by atoms with Crippen molar-refractivity contribution in [1.82, 2.24) is 5.32 Å². The third-order valence-electron chi connectivity index (χ3n) is 0.705. The number of alkyl halides is 2. The Morgan fingerprint density at radius 1 is 1.71 bits per heavy atom. The topological polar surface area (TPSA) is 29.1 Å². The van der Waals surface area contributed by atoms with Gasteiger partial charge in [-0.1, -0.05) is 0 Å². The Morgan fingerprint density at radius 3 is 2.14 bits per heavy atom. The summed E-state index contributed by atoms with van der Waals surface area (Å²) in [6.07, 6.45) is 0.521. The molecule has 4 heteroatoms. The maximum atomic E-state index is 10.1. The molecule has 1 amide bonds. The van der Waals surface area contributed by atoms with E-state index >= 15 is 0 Å². The minimum Gasteiger partial charge on any atom is -0.331 e. The predicted molar refractivity (Wildman–Crippen MR) is 33.3 cm³/mol. The van der Waals surface area contributed by atoms with E-state index in [1.807, 2.05) is 0 Å². The first-order chi connectivity index (χ1) is 3.10. The molecule has 2 nitrogen and oxygen atoms in total. The molecular weight excluding hydrogens is 226 g/mol. The zero-order chi connectivity index (χ0) is 5.49. The van der Waals surface area contributed by atoms with Crippen LogP contribution in [0.4, 0.5) is 0 Å². The quantitative estimate of drug-likeness (QED) is 0.374. The van der Waals surface area contributed by atoms with Crippen LogP contribution in [0.1, 0.15) is 6.42 Å². The van der Waals surface area contributed by atoms with Gasteiger partial charge in [-0.2, -0.15) is 0 Å². The molecule has 1 heterocycles. The van der Waals surface area contributed by atoms with Crippen LogP contribution < -0.4 is 5.32 Å². The fraction of sp³-hybridized carbons (Fsp3) is 0.667. The lowest BCUT2D eigenvalue weighted by atomic mass is 10.3. The highest BCUT2D eigenvalue weighted by atomic mass is 79.9. The third kappa shape index (κ3) is 1.16. The van der Waals surface area contributed by atoms with Crippen LogP contribution in [0.3, 0.4) is 0 Å². The molecule has 40 valence electrons. The van der Waals surface area contributed by atoms with Crippen molar-refractivity contribution >= 4 is 37.8 Å². The predicted octanol–water partition coefficient (Wildman–Crippen LogP) is 0.950. The second-order valence-electron chi connectivity index (χ2n) is 1.43. The summed E-state index contributed by atoms with van der Waals surface area (Å²) in [6.45, 7) is 0. The maximum absolute atomic E-state index is 10.1. The largest absolute Gasteiger partial charge is 0.331 e. The molecule has 0 aromatic rings. The van der Waals surface area contributed by atoms with Gasteiger partial charge in [-0.3, -0.25) is 4.79 Å². The molecule has 0 aliphatic carbocycles. The Kier molecular flexibility index (Phi) is 1.15. The van der Waals surface area contributed by atoms with Crippen LogP contribution in [0.15, 0.2) is 0 Å². The monoisotopic (exact) mass is 227 g/mol. The molecule has 0 saturated carbocycles. The highest BCUT2D eigenvalue weighted by molar-refractivity contribution is 9.25. The van der Waals surface area contributed by atoms with Crippen LogP contribution in [0.25, 0.3) is 0 Å². The van der Waals surface area contributed by atoms with Crippen molar-refractivity contribution in [3.8, 4) is 0 Å². The lowest BCUT2D eigenvalue weighted by Gasteiger charge is -2.30. The van der Waals surface area contributed by atoms with Gasteiger partial charge in [0.15, 0.2) is 3.36 Å². The molecule has 0 atom stereocenters. The Morgan fingerprint density at radius 2 is 2.14 bits per heavy atom. The number of β-lactam (4-membered cyclic amide) rings is 1. The van der Waals surface area contributed by atoms with E-state index in [4.69, 9.17) is 0 Å². The van der Waals surface area contributed by atoms with Gasteiger partial charge in [0.05, 0.1) is 6.42 Å². The fourth-order valence-electron chi connectivity index (χ4n) is 0.387. The molecule has 0 aromatic carbocycles. The van der Waals surface area contributed by atoms with Crippen molar-refractivity contribution in [2.75, 3.05) is 0 Å². The van der Waals surface area contributed by atoms with Gasteiger partial charge >= 0.3 is 0 Å². The second-order valence-corrected chi connectivity index (χ2v) is 5.20. The van der Waals surface area contributed by atoms with Gasteiger partial charge in [-0.05, 0) is 31.9 Å². The molecule has 0 unspecified atom stereocenters. The van der Waals surface area contributed by atoms with Crippen LogP contribution in [0, 0.1) is 0 Å². The maximum Gasteiger partial charge on any atom is 0.225 e. The number of amides is 1. The average Bonchev–Trinajstić information content (AvgIpc) is 1.27. The van der Waals surface area contributed by atoms with E-state index in [0.717, 1.165) is 0 Å². The van der Waals surface area contributed by atoms with Gasteiger partial charge in [-0.25, -0.2) is 0 Å². The van der Waals surface area contributed by atoms with Gasteiger partial charge in [0.25, 0.3) is 0 Å². The van der Waals surface area contributed by atoms with E-state index in [-0.39, 0.29) is 9.26 Å². The molecule has 0 spiro atoms.